The summed E-state index contributed by atoms with van der Waals surface area (Å²) in [6.45, 7) is 3.75. The molecular formula is C11H15BrN2O. The van der Waals surface area contributed by atoms with Gasteiger partial charge in [0.05, 0.1) is 5.54 Å². The average molecular weight is 271 g/mol. The monoisotopic (exact) mass is 270 g/mol. The van der Waals surface area contributed by atoms with Crippen molar-refractivity contribution in [2.24, 2.45) is 0 Å². The molecule has 0 bridgehead atoms. The highest BCUT2D eigenvalue weighted by Crippen LogP contribution is 2.13. The van der Waals surface area contributed by atoms with Gasteiger partial charge in [0, 0.05) is 23.3 Å². The van der Waals surface area contributed by atoms with Crippen LogP contribution in [0.2, 0.25) is 0 Å². The highest BCUT2D eigenvalue weighted by molar-refractivity contribution is 9.10. The molecular weight excluding hydrogens is 256 g/mol. The van der Waals surface area contributed by atoms with Crippen LogP contribution in [-0.4, -0.2) is 23.4 Å². The van der Waals surface area contributed by atoms with Crippen molar-refractivity contribution >= 4 is 21.7 Å². The van der Waals surface area contributed by atoms with Gasteiger partial charge in [0.2, 0.25) is 0 Å². The molecule has 0 aromatic carbocycles. The van der Waals surface area contributed by atoms with Crippen molar-refractivity contribution in [3.05, 3.63) is 28.5 Å². The molecule has 0 spiro atoms. The van der Waals surface area contributed by atoms with Crippen LogP contribution in [0.4, 0.5) is 0 Å². The Morgan fingerprint density at radius 1 is 1.53 bits per heavy atom. The fraction of sp³-hybridized carbons (Fsp3) is 0.455. The number of ketones is 1. The lowest BCUT2D eigenvalue weighted by molar-refractivity contribution is -0.123. The number of carbonyl (C=O) groups is 1. The van der Waals surface area contributed by atoms with E-state index in [0.29, 0.717) is 6.42 Å². The third-order valence-electron chi connectivity index (χ3n) is 2.45. The summed E-state index contributed by atoms with van der Waals surface area (Å²) in [5, 5.41) is 2.99. The molecule has 4 heteroatoms. The van der Waals surface area contributed by atoms with Crippen LogP contribution >= 0.6 is 15.9 Å². The molecule has 15 heavy (non-hydrogen) atoms. The van der Waals surface area contributed by atoms with E-state index < -0.39 is 5.54 Å². The van der Waals surface area contributed by atoms with E-state index in [1.807, 2.05) is 19.9 Å². The van der Waals surface area contributed by atoms with Gasteiger partial charge in [-0.1, -0.05) is 0 Å². The predicted octanol–water partition coefficient (Wildman–Crippen LogP) is 1.95. The van der Waals surface area contributed by atoms with Crippen LogP contribution in [0.5, 0.6) is 0 Å². The van der Waals surface area contributed by atoms with Gasteiger partial charge in [-0.05, 0) is 48.5 Å². The van der Waals surface area contributed by atoms with Crippen LogP contribution in [0.1, 0.15) is 19.4 Å². The second-order valence-electron chi connectivity index (χ2n) is 3.99. The Morgan fingerprint density at radius 2 is 2.20 bits per heavy atom. The summed E-state index contributed by atoms with van der Waals surface area (Å²) in [6, 6.07) is 1.91. The molecule has 1 rings (SSSR count). The summed E-state index contributed by atoms with van der Waals surface area (Å²) in [7, 11) is 1.79. The number of hydrogen-bond acceptors (Lipinski definition) is 3. The van der Waals surface area contributed by atoms with Crippen LogP contribution in [-0.2, 0) is 11.2 Å². The summed E-state index contributed by atoms with van der Waals surface area (Å²) in [5.41, 5.74) is 0.445. The molecule has 0 saturated heterocycles. The quantitative estimate of drug-likeness (QED) is 0.910. The number of rotatable bonds is 4. The fourth-order valence-electron chi connectivity index (χ4n) is 1.10. The van der Waals surface area contributed by atoms with E-state index >= 15 is 0 Å². The van der Waals surface area contributed by atoms with E-state index in [1.54, 1.807) is 19.4 Å². The topological polar surface area (TPSA) is 42.0 Å². The van der Waals surface area contributed by atoms with Crippen LogP contribution < -0.4 is 5.32 Å². The van der Waals surface area contributed by atoms with E-state index in [-0.39, 0.29) is 5.78 Å². The minimum atomic E-state index is -0.484. The van der Waals surface area contributed by atoms with Crippen molar-refractivity contribution < 1.29 is 4.79 Å². The van der Waals surface area contributed by atoms with Crippen molar-refractivity contribution in [3.8, 4) is 0 Å². The Hall–Kier alpha value is -0.740. The van der Waals surface area contributed by atoms with E-state index in [2.05, 4.69) is 26.2 Å². The highest BCUT2D eigenvalue weighted by Gasteiger charge is 2.24. The second kappa shape index (κ2) is 4.86. The Balaban J connectivity index is 2.75. The first kappa shape index (κ1) is 12.3. The van der Waals surface area contributed by atoms with E-state index in [9.17, 15) is 4.79 Å². The van der Waals surface area contributed by atoms with Gasteiger partial charge < -0.3 is 5.32 Å². The van der Waals surface area contributed by atoms with Crippen LogP contribution in [0, 0.1) is 0 Å². The molecule has 3 nitrogen and oxygen atoms in total. The number of nitrogens with zero attached hydrogens (tertiary/aromatic N) is 1. The third-order valence-corrected chi connectivity index (χ3v) is 2.88. The zero-order valence-electron chi connectivity index (χ0n) is 9.17. The van der Waals surface area contributed by atoms with Gasteiger partial charge in [0.1, 0.15) is 0 Å². The van der Waals surface area contributed by atoms with Crippen molar-refractivity contribution in [1.29, 1.82) is 0 Å². The van der Waals surface area contributed by atoms with Gasteiger partial charge in [0.15, 0.2) is 5.78 Å². The van der Waals surface area contributed by atoms with Gasteiger partial charge in [-0.2, -0.15) is 0 Å². The fourth-order valence-corrected chi connectivity index (χ4v) is 1.51. The number of nitrogens with one attached hydrogen (secondary N) is 1. The van der Waals surface area contributed by atoms with Crippen LogP contribution in [0.15, 0.2) is 22.9 Å². The standard InChI is InChI=1S/C11H15BrN2O/c1-11(2,13-3)10(15)5-8-4-9(12)7-14-6-8/h4,6-7,13H,5H2,1-3H3. The molecule has 0 aliphatic heterocycles. The normalized spacial score (nSPS) is 11.5. The number of aromatic nitrogens is 1. The number of halogens is 1. The second-order valence-corrected chi connectivity index (χ2v) is 4.90. The first-order valence-electron chi connectivity index (χ1n) is 4.77. The maximum Gasteiger partial charge on any atom is 0.156 e. The van der Waals surface area contributed by atoms with Gasteiger partial charge in [-0.25, -0.2) is 0 Å². The van der Waals surface area contributed by atoms with Gasteiger partial charge in [-0.3, -0.25) is 9.78 Å². The molecule has 0 radical (unpaired) electrons. The van der Waals surface area contributed by atoms with E-state index in [4.69, 9.17) is 0 Å². The Bertz CT molecular complexity index is 363. The zero-order valence-corrected chi connectivity index (χ0v) is 10.8. The van der Waals surface area contributed by atoms with Crippen LogP contribution in [0.3, 0.4) is 0 Å². The lowest BCUT2D eigenvalue weighted by atomic mass is 9.94. The molecule has 1 aromatic rings. The molecule has 0 fully saturated rings. The zero-order chi connectivity index (χ0) is 11.5. The molecule has 0 amide bonds. The SMILES string of the molecule is CNC(C)(C)C(=O)Cc1cncc(Br)c1. The van der Waals surface area contributed by atoms with Crippen molar-refractivity contribution in [3.63, 3.8) is 0 Å². The molecule has 0 atom stereocenters. The largest absolute Gasteiger partial charge is 0.308 e. The molecule has 1 aromatic heterocycles. The molecule has 0 unspecified atom stereocenters. The Labute approximate surface area is 98.4 Å². The first-order chi connectivity index (χ1) is 6.95. The van der Waals surface area contributed by atoms with Gasteiger partial charge in [-0.15, -0.1) is 0 Å². The molecule has 1 heterocycles. The first-order valence-corrected chi connectivity index (χ1v) is 5.56. The average Bonchev–Trinajstić information content (AvgIpc) is 2.17. The molecule has 0 aliphatic carbocycles. The lowest BCUT2D eigenvalue weighted by Gasteiger charge is -2.22. The van der Waals surface area contributed by atoms with Crippen molar-refractivity contribution in [2.45, 2.75) is 25.8 Å². The minimum Gasteiger partial charge on any atom is -0.308 e. The Kier molecular flexibility index (Phi) is 3.99. The minimum absolute atomic E-state index is 0.157. The summed E-state index contributed by atoms with van der Waals surface area (Å²) >= 11 is 3.33. The number of hydrogen-bond donors (Lipinski definition) is 1. The molecule has 1 N–H and O–H groups in total. The molecule has 0 saturated carbocycles. The van der Waals surface area contributed by atoms with E-state index in [0.717, 1.165) is 10.0 Å². The number of pyridine rings is 1. The van der Waals surface area contributed by atoms with Crippen LogP contribution in [0.25, 0.3) is 0 Å². The number of likely N-dealkylation sites (N-methyl/N-ethyl adjacent to an activating group) is 1. The summed E-state index contributed by atoms with van der Waals surface area (Å²) < 4.78 is 0.898. The third kappa shape index (κ3) is 3.39. The summed E-state index contributed by atoms with van der Waals surface area (Å²) in [6.07, 6.45) is 3.83. The summed E-state index contributed by atoms with van der Waals surface area (Å²) in [5.74, 6) is 0.157. The number of carbonyl (C=O) groups excluding carboxylic acids is 1. The molecule has 0 aliphatic rings. The maximum atomic E-state index is 11.9. The van der Waals surface area contributed by atoms with Crippen molar-refractivity contribution in [2.75, 3.05) is 7.05 Å². The van der Waals surface area contributed by atoms with Gasteiger partial charge in [0.25, 0.3) is 0 Å². The molecule has 82 valence electrons. The Morgan fingerprint density at radius 3 is 2.73 bits per heavy atom. The lowest BCUT2D eigenvalue weighted by Crippen LogP contribution is -2.45. The maximum absolute atomic E-state index is 11.9. The summed E-state index contributed by atoms with van der Waals surface area (Å²) in [4.78, 5) is 15.9. The highest BCUT2D eigenvalue weighted by atomic mass is 79.9. The van der Waals surface area contributed by atoms with Crippen molar-refractivity contribution in [1.82, 2.24) is 10.3 Å². The predicted molar refractivity (Wildman–Crippen MR) is 63.8 cm³/mol. The smallest absolute Gasteiger partial charge is 0.156 e. The van der Waals surface area contributed by atoms with Gasteiger partial charge >= 0.3 is 0 Å². The number of Topliss-reactive ketones (excluding diaryl/α,β-unsaturated/α-hetero) is 1. The van der Waals surface area contributed by atoms with E-state index in [1.165, 1.54) is 0 Å².